The zero-order valence-corrected chi connectivity index (χ0v) is 10.3. The highest BCUT2D eigenvalue weighted by atomic mass is 19.4. The molecular formula is C11H17F3N2O3. The Hall–Kier alpha value is -1.31. The van der Waals surface area contributed by atoms with Gasteiger partial charge in [-0.15, -0.1) is 0 Å². The average Bonchev–Trinajstić information content (AvgIpc) is 2.76. The van der Waals surface area contributed by atoms with Crippen molar-refractivity contribution in [3.8, 4) is 0 Å². The number of rotatable bonds is 7. The normalized spacial score (nSPS) is 22.2. The third-order valence-corrected chi connectivity index (χ3v) is 3.27. The summed E-state index contributed by atoms with van der Waals surface area (Å²) in [5.41, 5.74) is 0. The van der Waals surface area contributed by atoms with Crippen molar-refractivity contribution in [2.45, 2.75) is 31.5 Å². The van der Waals surface area contributed by atoms with E-state index in [1.54, 1.807) is 4.90 Å². The van der Waals surface area contributed by atoms with Crippen molar-refractivity contribution in [3.05, 3.63) is 0 Å². The first-order chi connectivity index (χ1) is 8.84. The van der Waals surface area contributed by atoms with Gasteiger partial charge in [-0.2, -0.15) is 13.2 Å². The average molecular weight is 282 g/mol. The molecule has 0 aromatic rings. The topological polar surface area (TPSA) is 69.6 Å². The highest BCUT2D eigenvalue weighted by Gasteiger charge is 2.43. The third kappa shape index (κ3) is 5.06. The third-order valence-electron chi connectivity index (χ3n) is 3.27. The van der Waals surface area contributed by atoms with Gasteiger partial charge in [0.2, 0.25) is 6.41 Å². The molecule has 0 radical (unpaired) electrons. The predicted molar refractivity (Wildman–Crippen MR) is 60.5 cm³/mol. The lowest BCUT2D eigenvalue weighted by atomic mass is 10.1. The standard InChI is InChI=1S/C11H17F3N2O3/c12-11(13,14)8-3-5-16(6-8)4-1-2-9(10(18)19)15-7-17/h7-9H,1-6H2,(H,15,17)(H,18,19). The summed E-state index contributed by atoms with van der Waals surface area (Å²) in [7, 11) is 0. The van der Waals surface area contributed by atoms with E-state index in [1.165, 1.54) is 0 Å². The van der Waals surface area contributed by atoms with Gasteiger partial charge in [0.05, 0.1) is 5.92 Å². The van der Waals surface area contributed by atoms with Gasteiger partial charge in [0.15, 0.2) is 0 Å². The molecule has 0 aliphatic carbocycles. The maximum atomic E-state index is 12.4. The summed E-state index contributed by atoms with van der Waals surface area (Å²) in [5, 5.41) is 10.9. The Morgan fingerprint density at radius 2 is 2.21 bits per heavy atom. The second-order valence-corrected chi connectivity index (χ2v) is 4.65. The molecule has 0 saturated carbocycles. The molecule has 0 aromatic carbocycles. The highest BCUT2D eigenvalue weighted by Crippen LogP contribution is 2.33. The first-order valence-electron chi connectivity index (χ1n) is 6.06. The molecule has 19 heavy (non-hydrogen) atoms. The number of amides is 1. The molecule has 110 valence electrons. The summed E-state index contributed by atoms with van der Waals surface area (Å²) in [4.78, 5) is 22.6. The molecule has 1 aliphatic heterocycles. The molecule has 1 rings (SSSR count). The highest BCUT2D eigenvalue weighted by molar-refractivity contribution is 5.76. The molecule has 8 heteroatoms. The monoisotopic (exact) mass is 282 g/mol. The zero-order valence-electron chi connectivity index (χ0n) is 10.3. The molecule has 1 fully saturated rings. The molecule has 5 nitrogen and oxygen atoms in total. The number of hydrogen-bond donors (Lipinski definition) is 2. The van der Waals surface area contributed by atoms with Crippen LogP contribution in [0.3, 0.4) is 0 Å². The molecular weight excluding hydrogens is 265 g/mol. The Labute approximate surface area is 108 Å². The van der Waals surface area contributed by atoms with Crippen molar-refractivity contribution < 1.29 is 27.9 Å². The Morgan fingerprint density at radius 1 is 1.53 bits per heavy atom. The minimum absolute atomic E-state index is 0.0254. The van der Waals surface area contributed by atoms with E-state index in [4.69, 9.17) is 5.11 Å². The summed E-state index contributed by atoms with van der Waals surface area (Å²) in [6, 6.07) is -0.974. The van der Waals surface area contributed by atoms with Gasteiger partial charge >= 0.3 is 12.1 Å². The number of carbonyl (C=O) groups excluding carboxylic acids is 1. The van der Waals surface area contributed by atoms with Gasteiger partial charge in [0.25, 0.3) is 0 Å². The molecule has 0 aromatic heterocycles. The quantitative estimate of drug-likeness (QED) is 0.679. The zero-order chi connectivity index (χ0) is 14.5. The fourth-order valence-corrected chi connectivity index (χ4v) is 2.18. The number of hydrogen-bond acceptors (Lipinski definition) is 3. The van der Waals surface area contributed by atoms with Crippen LogP contribution in [-0.4, -0.2) is 54.2 Å². The molecule has 1 heterocycles. The molecule has 1 saturated heterocycles. The summed E-state index contributed by atoms with van der Waals surface area (Å²) in [6.07, 6.45) is -3.10. The number of likely N-dealkylation sites (tertiary alicyclic amines) is 1. The number of halogens is 3. The van der Waals surface area contributed by atoms with Crippen molar-refractivity contribution >= 4 is 12.4 Å². The lowest BCUT2D eigenvalue weighted by Crippen LogP contribution is -2.36. The molecule has 1 aliphatic rings. The maximum absolute atomic E-state index is 12.4. The minimum Gasteiger partial charge on any atom is -0.480 e. The Kier molecular flexibility index (Phi) is 5.59. The van der Waals surface area contributed by atoms with E-state index in [2.05, 4.69) is 5.32 Å². The second kappa shape index (κ2) is 6.74. The summed E-state index contributed by atoms with van der Waals surface area (Å²) >= 11 is 0. The van der Waals surface area contributed by atoms with E-state index in [0.29, 0.717) is 25.9 Å². The Morgan fingerprint density at radius 3 is 2.68 bits per heavy atom. The molecule has 1 amide bonds. The summed E-state index contributed by atoms with van der Waals surface area (Å²) < 4.78 is 37.3. The van der Waals surface area contributed by atoms with Crippen LogP contribution in [0.15, 0.2) is 0 Å². The smallest absolute Gasteiger partial charge is 0.393 e. The second-order valence-electron chi connectivity index (χ2n) is 4.65. The van der Waals surface area contributed by atoms with Crippen LogP contribution >= 0.6 is 0 Å². The number of carboxylic acids is 1. The number of carboxylic acid groups (broad SMARTS) is 1. The van der Waals surface area contributed by atoms with Crippen LogP contribution in [0.4, 0.5) is 13.2 Å². The molecule has 2 N–H and O–H groups in total. The van der Waals surface area contributed by atoms with Crippen LogP contribution in [0, 0.1) is 5.92 Å². The van der Waals surface area contributed by atoms with Crippen LogP contribution < -0.4 is 5.32 Å². The van der Waals surface area contributed by atoms with Gasteiger partial charge in [-0.1, -0.05) is 0 Å². The summed E-state index contributed by atoms with van der Waals surface area (Å²) in [5.74, 6) is -2.42. The Balaban J connectivity index is 2.27. The molecule has 2 atom stereocenters. The van der Waals surface area contributed by atoms with Crippen molar-refractivity contribution in [3.63, 3.8) is 0 Å². The van der Waals surface area contributed by atoms with Crippen molar-refractivity contribution in [2.75, 3.05) is 19.6 Å². The van der Waals surface area contributed by atoms with Crippen molar-refractivity contribution in [1.29, 1.82) is 0 Å². The number of nitrogens with zero attached hydrogens (tertiary/aromatic N) is 1. The summed E-state index contributed by atoms with van der Waals surface area (Å²) in [6.45, 7) is 0.766. The number of aliphatic carboxylic acids is 1. The van der Waals surface area contributed by atoms with E-state index < -0.39 is 24.1 Å². The maximum Gasteiger partial charge on any atom is 0.393 e. The van der Waals surface area contributed by atoms with Gasteiger partial charge in [-0.25, -0.2) is 4.79 Å². The lowest BCUT2D eigenvalue weighted by molar-refractivity contribution is -0.170. The molecule has 0 spiro atoms. The van der Waals surface area contributed by atoms with E-state index in [1.807, 2.05) is 0 Å². The van der Waals surface area contributed by atoms with E-state index in [0.717, 1.165) is 0 Å². The van der Waals surface area contributed by atoms with Gasteiger partial charge in [-0.3, -0.25) is 4.79 Å². The molecule has 0 bridgehead atoms. The van der Waals surface area contributed by atoms with Crippen LogP contribution in [0.25, 0.3) is 0 Å². The SMILES string of the molecule is O=CNC(CCCN1CCC(C(F)(F)F)C1)C(=O)O. The minimum atomic E-state index is -4.16. The van der Waals surface area contributed by atoms with Crippen molar-refractivity contribution in [2.24, 2.45) is 5.92 Å². The van der Waals surface area contributed by atoms with Gasteiger partial charge < -0.3 is 15.3 Å². The predicted octanol–water partition coefficient (Wildman–Crippen LogP) is 0.850. The van der Waals surface area contributed by atoms with Gasteiger partial charge in [-0.05, 0) is 32.4 Å². The number of carbonyl (C=O) groups is 2. The van der Waals surface area contributed by atoms with Crippen LogP contribution in [0.5, 0.6) is 0 Å². The van der Waals surface area contributed by atoms with Crippen LogP contribution in [0.1, 0.15) is 19.3 Å². The van der Waals surface area contributed by atoms with Crippen LogP contribution in [-0.2, 0) is 9.59 Å². The first-order valence-corrected chi connectivity index (χ1v) is 6.06. The fourth-order valence-electron chi connectivity index (χ4n) is 2.18. The molecule has 2 unspecified atom stereocenters. The largest absolute Gasteiger partial charge is 0.480 e. The number of nitrogens with one attached hydrogen (secondary N) is 1. The first kappa shape index (κ1) is 15.7. The van der Waals surface area contributed by atoms with Crippen LogP contribution in [0.2, 0.25) is 0 Å². The Bertz CT molecular complexity index is 323. The van der Waals surface area contributed by atoms with Gasteiger partial charge in [0.1, 0.15) is 6.04 Å². The van der Waals surface area contributed by atoms with Crippen molar-refractivity contribution in [1.82, 2.24) is 10.2 Å². The fraction of sp³-hybridized carbons (Fsp3) is 0.818. The van der Waals surface area contributed by atoms with Gasteiger partial charge in [0, 0.05) is 6.54 Å². The van der Waals surface area contributed by atoms with E-state index >= 15 is 0 Å². The van der Waals surface area contributed by atoms with E-state index in [9.17, 15) is 22.8 Å². The van der Waals surface area contributed by atoms with E-state index in [-0.39, 0.29) is 19.4 Å². The lowest BCUT2D eigenvalue weighted by Gasteiger charge is -2.18. The number of alkyl halides is 3.